The lowest BCUT2D eigenvalue weighted by molar-refractivity contribution is -0.145. The van der Waals surface area contributed by atoms with Gasteiger partial charge in [-0.05, 0) is 24.5 Å². The lowest BCUT2D eigenvalue weighted by Gasteiger charge is -2.43. The molecule has 0 saturated carbocycles. The number of para-hydroxylation sites is 1. The molecule has 104 valence electrons. The summed E-state index contributed by atoms with van der Waals surface area (Å²) < 4.78 is 5.29. The summed E-state index contributed by atoms with van der Waals surface area (Å²) in [7, 11) is 0. The molecule has 3 atom stereocenters. The summed E-state index contributed by atoms with van der Waals surface area (Å²) in [5.74, 6) is -0.831. The van der Waals surface area contributed by atoms with E-state index in [-0.39, 0.29) is 5.92 Å². The Morgan fingerprint density at radius 1 is 1.20 bits per heavy atom. The first-order valence-electron chi connectivity index (χ1n) is 6.60. The average molecular weight is 273 g/mol. The maximum Gasteiger partial charge on any atom is 0.415 e. The smallest absolute Gasteiger partial charge is 0.415 e. The van der Waals surface area contributed by atoms with Crippen LogP contribution in [-0.2, 0) is 4.79 Å². The van der Waals surface area contributed by atoms with Gasteiger partial charge >= 0.3 is 12.1 Å². The number of amides is 1. The third-order valence-electron chi connectivity index (χ3n) is 3.84. The number of piperidine rings is 1. The van der Waals surface area contributed by atoms with E-state index in [0.29, 0.717) is 18.7 Å². The highest BCUT2D eigenvalue weighted by Crippen LogP contribution is 2.35. The highest BCUT2D eigenvalue weighted by Gasteiger charge is 2.43. The van der Waals surface area contributed by atoms with E-state index in [1.807, 2.05) is 18.2 Å². The molecule has 1 saturated heterocycles. The van der Waals surface area contributed by atoms with E-state index >= 15 is 0 Å². The Bertz CT molecular complexity index is 554. The molecule has 5 heteroatoms. The van der Waals surface area contributed by atoms with Crippen LogP contribution in [0.1, 0.15) is 6.42 Å². The van der Waals surface area contributed by atoms with Gasteiger partial charge in [-0.2, -0.15) is 0 Å². The largest absolute Gasteiger partial charge is 0.481 e. The van der Waals surface area contributed by atoms with Gasteiger partial charge in [-0.25, -0.2) is 4.79 Å². The minimum absolute atomic E-state index is 0.101. The third kappa shape index (κ3) is 2.27. The van der Waals surface area contributed by atoms with Gasteiger partial charge in [0.05, 0.1) is 12.0 Å². The molecule has 4 rings (SSSR count). The van der Waals surface area contributed by atoms with Crippen molar-refractivity contribution in [2.45, 2.75) is 12.5 Å². The Balaban J connectivity index is 1.76. The van der Waals surface area contributed by atoms with E-state index in [1.165, 1.54) is 4.90 Å². The number of ether oxygens (including phenoxy) is 1. The van der Waals surface area contributed by atoms with Crippen LogP contribution in [-0.4, -0.2) is 34.7 Å². The van der Waals surface area contributed by atoms with Crippen LogP contribution >= 0.6 is 0 Å². The van der Waals surface area contributed by atoms with Gasteiger partial charge in [0.2, 0.25) is 0 Å². The first-order chi connectivity index (χ1) is 9.65. The Morgan fingerprint density at radius 3 is 2.60 bits per heavy atom. The zero-order valence-electron chi connectivity index (χ0n) is 10.8. The number of carbonyl (C=O) groups excluding carboxylic acids is 1. The molecule has 1 unspecified atom stereocenters. The lowest BCUT2D eigenvalue weighted by atomic mass is 9.78. The van der Waals surface area contributed by atoms with Gasteiger partial charge in [0.15, 0.2) is 0 Å². The molecule has 5 nitrogen and oxygen atoms in total. The number of aliphatic carboxylic acids is 1. The van der Waals surface area contributed by atoms with Crippen molar-refractivity contribution in [1.29, 1.82) is 0 Å². The number of hydrogen-bond donors (Lipinski definition) is 1. The second kappa shape index (κ2) is 5.00. The van der Waals surface area contributed by atoms with Gasteiger partial charge in [-0.3, -0.25) is 9.69 Å². The van der Waals surface area contributed by atoms with Gasteiger partial charge in [0, 0.05) is 6.54 Å². The van der Waals surface area contributed by atoms with Gasteiger partial charge in [0.25, 0.3) is 0 Å². The fourth-order valence-corrected chi connectivity index (χ4v) is 2.87. The summed E-state index contributed by atoms with van der Waals surface area (Å²) in [4.78, 5) is 25.0. The van der Waals surface area contributed by atoms with Crippen molar-refractivity contribution in [3.8, 4) is 5.75 Å². The molecule has 1 amide bonds. The van der Waals surface area contributed by atoms with Crippen LogP contribution in [0.5, 0.6) is 5.75 Å². The first kappa shape index (κ1) is 12.7. The topological polar surface area (TPSA) is 66.8 Å². The molecule has 20 heavy (non-hydrogen) atoms. The maximum atomic E-state index is 12.2. The van der Waals surface area contributed by atoms with Crippen LogP contribution in [0.4, 0.5) is 4.79 Å². The predicted octanol–water partition coefficient (Wildman–Crippen LogP) is 2.15. The highest BCUT2D eigenvalue weighted by atomic mass is 16.6. The van der Waals surface area contributed by atoms with Crippen LogP contribution in [0.3, 0.4) is 0 Å². The van der Waals surface area contributed by atoms with Crippen molar-refractivity contribution in [2.24, 2.45) is 11.8 Å². The van der Waals surface area contributed by atoms with Crippen molar-refractivity contribution >= 4 is 12.1 Å². The summed E-state index contributed by atoms with van der Waals surface area (Å²) in [6, 6.07) is 8.39. The van der Waals surface area contributed by atoms with Crippen molar-refractivity contribution < 1.29 is 19.4 Å². The number of fused-ring (bicyclic) bond motifs is 2. The molecule has 1 fully saturated rings. The molecule has 2 bridgehead atoms. The second-order valence-electron chi connectivity index (χ2n) is 5.15. The molecule has 1 aromatic carbocycles. The standard InChI is InChI=1S/C15H15NO4/c17-14(18)12-8-10-6-7-13(12)16(9-10)15(19)20-11-4-2-1-3-5-11/h1-7,10,12-13H,8-9H2,(H,17,18)/t10?,12-,13-/m1/s1. The second-order valence-corrected chi connectivity index (χ2v) is 5.15. The monoisotopic (exact) mass is 273 g/mol. The van der Waals surface area contributed by atoms with Crippen LogP contribution in [0.25, 0.3) is 0 Å². The molecule has 1 aromatic rings. The van der Waals surface area contributed by atoms with E-state index in [4.69, 9.17) is 4.74 Å². The van der Waals surface area contributed by atoms with Crippen LogP contribution in [0, 0.1) is 11.8 Å². The molecule has 0 aromatic heterocycles. The molecule has 1 N–H and O–H groups in total. The Labute approximate surface area is 116 Å². The number of rotatable bonds is 2. The number of carbonyl (C=O) groups is 2. The molecule has 1 aliphatic carbocycles. The number of benzene rings is 1. The normalized spacial score (nSPS) is 27.4. The Hall–Kier alpha value is -2.30. The minimum Gasteiger partial charge on any atom is -0.481 e. The van der Waals surface area contributed by atoms with Crippen molar-refractivity contribution in [3.63, 3.8) is 0 Å². The summed E-state index contributed by atoms with van der Waals surface area (Å²) in [6.07, 6.45) is 3.91. The molecular weight excluding hydrogens is 258 g/mol. The number of carboxylic acid groups (broad SMARTS) is 1. The fourth-order valence-electron chi connectivity index (χ4n) is 2.87. The fraction of sp³-hybridized carbons (Fsp3) is 0.333. The third-order valence-corrected chi connectivity index (χ3v) is 3.84. The highest BCUT2D eigenvalue weighted by molar-refractivity contribution is 5.76. The van der Waals surface area contributed by atoms with Gasteiger partial charge in [-0.1, -0.05) is 30.4 Å². The Kier molecular flexibility index (Phi) is 3.18. The average Bonchev–Trinajstić information content (AvgIpc) is 2.48. The summed E-state index contributed by atoms with van der Waals surface area (Å²) in [5.41, 5.74) is 0. The lowest BCUT2D eigenvalue weighted by Crippen LogP contribution is -2.55. The van der Waals surface area contributed by atoms with Crippen molar-refractivity contribution in [1.82, 2.24) is 4.90 Å². The van der Waals surface area contributed by atoms with Crippen LogP contribution in [0.15, 0.2) is 42.5 Å². The number of nitrogens with zero attached hydrogens (tertiary/aromatic N) is 1. The van der Waals surface area contributed by atoms with Gasteiger partial charge < -0.3 is 9.84 Å². The zero-order chi connectivity index (χ0) is 14.1. The number of carboxylic acids is 1. The molecule has 2 heterocycles. The van der Waals surface area contributed by atoms with Crippen molar-refractivity contribution in [2.75, 3.05) is 6.54 Å². The molecule has 0 radical (unpaired) electrons. The molecular formula is C15H15NO4. The van der Waals surface area contributed by atoms with Gasteiger partial charge in [-0.15, -0.1) is 0 Å². The van der Waals surface area contributed by atoms with Crippen LogP contribution in [0.2, 0.25) is 0 Å². The summed E-state index contributed by atoms with van der Waals surface area (Å²) in [5, 5.41) is 9.24. The van der Waals surface area contributed by atoms with E-state index in [0.717, 1.165) is 0 Å². The summed E-state index contributed by atoms with van der Waals surface area (Å²) >= 11 is 0. The van der Waals surface area contributed by atoms with E-state index in [1.54, 1.807) is 24.3 Å². The van der Waals surface area contributed by atoms with Gasteiger partial charge in [0.1, 0.15) is 5.75 Å². The zero-order valence-corrected chi connectivity index (χ0v) is 10.8. The SMILES string of the molecule is O=C(O)[C@@H]1CC2C=C[C@H]1N(C(=O)Oc1ccccc1)C2. The van der Waals surface area contributed by atoms with Crippen molar-refractivity contribution in [3.05, 3.63) is 42.5 Å². The van der Waals surface area contributed by atoms with E-state index < -0.39 is 24.0 Å². The predicted molar refractivity (Wildman–Crippen MR) is 71.3 cm³/mol. The van der Waals surface area contributed by atoms with E-state index in [9.17, 15) is 14.7 Å². The first-order valence-corrected chi connectivity index (χ1v) is 6.60. The van der Waals surface area contributed by atoms with Crippen LogP contribution < -0.4 is 4.74 Å². The number of hydrogen-bond acceptors (Lipinski definition) is 3. The quantitative estimate of drug-likeness (QED) is 0.838. The minimum atomic E-state index is -0.860. The maximum absolute atomic E-state index is 12.2. The molecule has 2 aliphatic heterocycles. The molecule has 3 aliphatic rings. The van der Waals surface area contributed by atoms with E-state index in [2.05, 4.69) is 0 Å². The Morgan fingerprint density at radius 2 is 1.95 bits per heavy atom. The summed E-state index contributed by atoms with van der Waals surface area (Å²) in [6.45, 7) is 0.524. The molecule has 0 spiro atoms.